The lowest BCUT2D eigenvalue weighted by molar-refractivity contribution is -0.138. The van der Waals surface area contributed by atoms with E-state index in [1.54, 1.807) is 12.3 Å². The van der Waals surface area contributed by atoms with Gasteiger partial charge in [0, 0.05) is 24.4 Å². The van der Waals surface area contributed by atoms with Crippen LogP contribution in [0.5, 0.6) is 0 Å². The summed E-state index contributed by atoms with van der Waals surface area (Å²) in [5.74, 6) is -0.367. The Morgan fingerprint density at radius 2 is 1.72 bits per heavy atom. The minimum Gasteiger partial charge on any atom is -0.481 e. The number of benzene rings is 1. The van der Waals surface area contributed by atoms with E-state index in [4.69, 9.17) is 10.8 Å². The second-order valence-electron chi connectivity index (χ2n) is 6.76. The van der Waals surface area contributed by atoms with E-state index in [1.807, 2.05) is 12.1 Å². The summed E-state index contributed by atoms with van der Waals surface area (Å²) in [6.45, 7) is 0. The topological polar surface area (TPSA) is 93.3 Å². The van der Waals surface area contributed by atoms with Crippen LogP contribution in [0.3, 0.4) is 0 Å². The van der Waals surface area contributed by atoms with Crippen molar-refractivity contribution in [3.63, 3.8) is 0 Å². The highest BCUT2D eigenvalue weighted by atomic mass is 16.4. The number of carbonyl (C=O) groups is 2. The lowest BCUT2D eigenvalue weighted by Gasteiger charge is -2.28. The highest BCUT2D eigenvalue weighted by Gasteiger charge is 2.23. The van der Waals surface area contributed by atoms with Gasteiger partial charge >= 0.3 is 5.97 Å². The predicted molar refractivity (Wildman–Crippen MR) is 95.1 cm³/mol. The zero-order valence-electron chi connectivity index (χ0n) is 14.0. The van der Waals surface area contributed by atoms with Crippen LogP contribution in [0.4, 0.5) is 0 Å². The Kier molecular flexibility index (Phi) is 5.12. The van der Waals surface area contributed by atoms with Crippen molar-refractivity contribution in [2.45, 2.75) is 38.0 Å². The second-order valence-corrected chi connectivity index (χ2v) is 6.76. The van der Waals surface area contributed by atoms with Gasteiger partial charge in [-0.2, -0.15) is 0 Å². The number of primary amides is 1. The summed E-state index contributed by atoms with van der Waals surface area (Å²) in [7, 11) is 0. The Morgan fingerprint density at radius 1 is 1.04 bits per heavy atom. The van der Waals surface area contributed by atoms with E-state index in [9.17, 15) is 9.59 Å². The first-order valence-electron chi connectivity index (χ1n) is 8.60. The lowest BCUT2D eigenvalue weighted by atomic mass is 9.77. The highest BCUT2D eigenvalue weighted by Crippen LogP contribution is 2.37. The van der Waals surface area contributed by atoms with Crippen molar-refractivity contribution in [3.05, 3.63) is 53.9 Å². The molecule has 1 heterocycles. The molecule has 1 aliphatic carbocycles. The zero-order chi connectivity index (χ0) is 17.8. The molecule has 1 aliphatic rings. The Morgan fingerprint density at radius 3 is 2.32 bits per heavy atom. The van der Waals surface area contributed by atoms with Gasteiger partial charge in [-0.3, -0.25) is 14.6 Å². The predicted octanol–water partition coefficient (Wildman–Crippen LogP) is 3.60. The summed E-state index contributed by atoms with van der Waals surface area (Å²) in [5, 5.41) is 8.91. The first-order valence-corrected chi connectivity index (χ1v) is 8.60. The number of rotatable bonds is 5. The Hall–Kier alpha value is -2.69. The van der Waals surface area contributed by atoms with Crippen LogP contribution in [0.2, 0.25) is 0 Å². The average Bonchev–Trinajstić information content (AvgIpc) is 2.62. The molecule has 1 saturated carbocycles. The molecule has 1 aromatic carbocycles. The smallest absolute Gasteiger partial charge is 0.303 e. The van der Waals surface area contributed by atoms with Crippen molar-refractivity contribution in [2.75, 3.05) is 0 Å². The standard InChI is InChI=1S/C20H22N2O3/c21-20(25)18-10-17(11-22-12-18)16-7-5-15(6-8-16)14-3-1-13(2-4-14)9-19(23)24/h5-8,10-14H,1-4,9H2,(H2,21,25)(H,23,24). The van der Waals surface area contributed by atoms with Crippen LogP contribution in [0.1, 0.15) is 53.9 Å². The number of carboxylic acid groups (broad SMARTS) is 1. The van der Waals surface area contributed by atoms with Crippen LogP contribution in [0.15, 0.2) is 42.7 Å². The zero-order valence-corrected chi connectivity index (χ0v) is 14.0. The number of pyridine rings is 1. The van der Waals surface area contributed by atoms with Crippen molar-refractivity contribution in [3.8, 4) is 11.1 Å². The first-order chi connectivity index (χ1) is 12.0. The van der Waals surface area contributed by atoms with Crippen molar-refractivity contribution < 1.29 is 14.7 Å². The maximum atomic E-state index is 11.3. The van der Waals surface area contributed by atoms with Crippen molar-refractivity contribution in [2.24, 2.45) is 11.7 Å². The number of nitrogens with zero attached hydrogens (tertiary/aromatic N) is 1. The second kappa shape index (κ2) is 7.47. The van der Waals surface area contributed by atoms with E-state index in [0.717, 1.165) is 36.8 Å². The summed E-state index contributed by atoms with van der Waals surface area (Å²) in [6, 6.07) is 10.1. The molecule has 3 N–H and O–H groups in total. The Labute approximate surface area is 146 Å². The van der Waals surface area contributed by atoms with Crippen LogP contribution in [-0.4, -0.2) is 22.0 Å². The molecule has 0 aliphatic heterocycles. The summed E-state index contributed by atoms with van der Waals surface area (Å²) in [4.78, 5) is 26.2. The summed E-state index contributed by atoms with van der Waals surface area (Å²) >= 11 is 0. The van der Waals surface area contributed by atoms with Crippen LogP contribution in [-0.2, 0) is 4.79 Å². The van der Waals surface area contributed by atoms with Crippen LogP contribution in [0, 0.1) is 5.92 Å². The third-order valence-electron chi connectivity index (χ3n) is 5.05. The molecular formula is C20H22N2O3. The monoisotopic (exact) mass is 338 g/mol. The fourth-order valence-electron chi connectivity index (χ4n) is 3.63. The van der Waals surface area contributed by atoms with Gasteiger partial charge in [-0.25, -0.2) is 0 Å². The number of aliphatic carboxylic acids is 1. The number of amides is 1. The molecule has 25 heavy (non-hydrogen) atoms. The van der Waals surface area contributed by atoms with Gasteiger partial charge < -0.3 is 10.8 Å². The van der Waals surface area contributed by atoms with Gasteiger partial charge in [-0.15, -0.1) is 0 Å². The van der Waals surface area contributed by atoms with Crippen LogP contribution >= 0.6 is 0 Å². The minimum absolute atomic E-state index is 0.287. The van der Waals surface area contributed by atoms with Gasteiger partial charge in [0.05, 0.1) is 5.56 Å². The third kappa shape index (κ3) is 4.24. The molecule has 2 aromatic rings. The van der Waals surface area contributed by atoms with Crippen LogP contribution < -0.4 is 5.73 Å². The minimum atomic E-state index is -0.695. The van der Waals surface area contributed by atoms with Gasteiger partial charge in [0.25, 0.3) is 0 Å². The van der Waals surface area contributed by atoms with Gasteiger partial charge in [0.1, 0.15) is 0 Å². The maximum absolute atomic E-state index is 11.3. The average molecular weight is 338 g/mol. The fraction of sp³-hybridized carbons (Fsp3) is 0.350. The number of aromatic nitrogens is 1. The Bertz CT molecular complexity index is 763. The first kappa shape index (κ1) is 17.1. The summed E-state index contributed by atoms with van der Waals surface area (Å²) in [6.07, 6.45) is 7.50. The molecule has 5 nitrogen and oxygen atoms in total. The quantitative estimate of drug-likeness (QED) is 0.871. The van der Waals surface area contributed by atoms with Gasteiger partial charge in [-0.1, -0.05) is 24.3 Å². The van der Waals surface area contributed by atoms with Crippen molar-refractivity contribution in [1.29, 1.82) is 0 Å². The largest absolute Gasteiger partial charge is 0.481 e. The molecule has 1 amide bonds. The molecule has 0 unspecified atom stereocenters. The van der Waals surface area contributed by atoms with Crippen molar-refractivity contribution >= 4 is 11.9 Å². The summed E-state index contributed by atoms with van der Waals surface area (Å²) < 4.78 is 0. The maximum Gasteiger partial charge on any atom is 0.303 e. The van der Waals surface area contributed by atoms with Gasteiger partial charge in [0.15, 0.2) is 0 Å². The molecule has 3 rings (SSSR count). The molecule has 0 saturated heterocycles. The number of hydrogen-bond donors (Lipinski definition) is 2. The molecule has 130 valence electrons. The molecule has 0 radical (unpaired) electrons. The van der Waals surface area contributed by atoms with Gasteiger partial charge in [-0.05, 0) is 54.7 Å². The number of nitrogens with two attached hydrogens (primary N) is 1. The molecule has 5 heteroatoms. The number of carbonyl (C=O) groups excluding carboxylic acids is 1. The molecule has 0 atom stereocenters. The highest BCUT2D eigenvalue weighted by molar-refractivity contribution is 5.93. The van der Waals surface area contributed by atoms with Crippen molar-refractivity contribution in [1.82, 2.24) is 4.98 Å². The molecule has 0 spiro atoms. The van der Waals surface area contributed by atoms with E-state index >= 15 is 0 Å². The molecule has 1 aromatic heterocycles. The molecule has 0 bridgehead atoms. The number of hydrogen-bond acceptors (Lipinski definition) is 3. The number of carboxylic acids is 1. The van der Waals surface area contributed by atoms with Crippen LogP contribution in [0.25, 0.3) is 11.1 Å². The van der Waals surface area contributed by atoms with E-state index < -0.39 is 11.9 Å². The van der Waals surface area contributed by atoms with E-state index in [0.29, 0.717) is 17.4 Å². The molecule has 1 fully saturated rings. The lowest BCUT2D eigenvalue weighted by Crippen LogP contribution is -2.16. The van der Waals surface area contributed by atoms with E-state index in [2.05, 4.69) is 17.1 Å². The summed E-state index contributed by atoms with van der Waals surface area (Å²) in [5.41, 5.74) is 8.87. The Balaban J connectivity index is 1.68. The van der Waals surface area contributed by atoms with E-state index in [1.165, 1.54) is 11.8 Å². The fourth-order valence-corrected chi connectivity index (χ4v) is 3.63. The molecular weight excluding hydrogens is 316 g/mol. The SMILES string of the molecule is NC(=O)c1cncc(-c2ccc(C3CCC(CC(=O)O)CC3)cc2)c1. The van der Waals surface area contributed by atoms with Gasteiger partial charge in [0.2, 0.25) is 5.91 Å². The van der Waals surface area contributed by atoms with E-state index in [-0.39, 0.29) is 6.42 Å². The normalized spacial score (nSPS) is 20.2. The third-order valence-corrected chi connectivity index (χ3v) is 5.05.